The Balaban J connectivity index is 2.07. The molecule has 2 aromatic rings. The van der Waals surface area contributed by atoms with E-state index in [9.17, 15) is 0 Å². The van der Waals surface area contributed by atoms with E-state index in [2.05, 4.69) is 40.3 Å². The number of benzene rings is 2. The molecule has 1 nitrogen and oxygen atoms in total. The van der Waals surface area contributed by atoms with Gasteiger partial charge in [0.25, 0.3) is 0 Å². The van der Waals surface area contributed by atoms with Gasteiger partial charge in [-0.25, -0.2) is 0 Å². The Kier molecular flexibility index (Phi) is 5.14. The maximum Gasteiger partial charge on any atom is 0.0835 e. The molecule has 0 saturated carbocycles. The van der Waals surface area contributed by atoms with Crippen LogP contribution in [0, 0.1) is 0 Å². The second kappa shape index (κ2) is 6.65. The topological polar surface area (TPSA) is 12.0 Å². The van der Waals surface area contributed by atoms with E-state index >= 15 is 0 Å². The van der Waals surface area contributed by atoms with Crippen molar-refractivity contribution in [1.82, 2.24) is 0 Å². The molecule has 1 N–H and O–H groups in total. The summed E-state index contributed by atoms with van der Waals surface area (Å²) in [5.41, 5.74) is 2.15. The lowest BCUT2D eigenvalue weighted by Crippen LogP contribution is -2.18. The molecule has 0 heterocycles. The van der Waals surface area contributed by atoms with E-state index in [1.54, 1.807) is 0 Å². The van der Waals surface area contributed by atoms with Gasteiger partial charge in [-0.1, -0.05) is 53.5 Å². The van der Waals surface area contributed by atoms with Crippen LogP contribution in [0.4, 0.5) is 5.69 Å². The van der Waals surface area contributed by atoms with Crippen LogP contribution < -0.4 is 5.32 Å². The minimum absolute atomic E-state index is 0.275. The Morgan fingerprint density at radius 2 is 1.74 bits per heavy atom. The smallest absolute Gasteiger partial charge is 0.0835 e. The van der Waals surface area contributed by atoms with Gasteiger partial charge in [-0.05, 0) is 47.0 Å². The van der Waals surface area contributed by atoms with Gasteiger partial charge in [-0.3, -0.25) is 0 Å². The number of halogens is 3. The van der Waals surface area contributed by atoms with E-state index in [-0.39, 0.29) is 6.04 Å². The lowest BCUT2D eigenvalue weighted by Gasteiger charge is -2.17. The van der Waals surface area contributed by atoms with Crippen molar-refractivity contribution in [3.05, 3.63) is 62.5 Å². The molecule has 0 amide bonds. The molecule has 0 aliphatic heterocycles. The van der Waals surface area contributed by atoms with Gasteiger partial charge >= 0.3 is 0 Å². The molecule has 4 heteroatoms. The van der Waals surface area contributed by atoms with Crippen LogP contribution in [0.25, 0.3) is 0 Å². The first-order chi connectivity index (χ1) is 9.08. The van der Waals surface area contributed by atoms with Crippen LogP contribution in [0.2, 0.25) is 10.0 Å². The first-order valence-electron chi connectivity index (χ1n) is 6.02. The summed E-state index contributed by atoms with van der Waals surface area (Å²) in [6, 6.07) is 14.5. The zero-order valence-corrected chi connectivity index (χ0v) is 13.6. The summed E-state index contributed by atoms with van der Waals surface area (Å²) < 4.78 is 0.806. The zero-order valence-electron chi connectivity index (χ0n) is 10.5. The Hall–Kier alpha value is -0.700. The number of anilines is 1. The van der Waals surface area contributed by atoms with E-state index in [0.717, 1.165) is 16.6 Å². The first-order valence-corrected chi connectivity index (χ1v) is 7.57. The molecule has 0 aliphatic rings. The molecule has 2 rings (SSSR count). The lowest BCUT2D eigenvalue weighted by molar-refractivity contribution is 0.790. The van der Waals surface area contributed by atoms with Crippen molar-refractivity contribution in [3.8, 4) is 0 Å². The van der Waals surface area contributed by atoms with Crippen molar-refractivity contribution in [3.63, 3.8) is 0 Å². The maximum atomic E-state index is 6.22. The highest BCUT2D eigenvalue weighted by Crippen LogP contribution is 2.36. The van der Waals surface area contributed by atoms with Crippen LogP contribution in [-0.4, -0.2) is 6.04 Å². The van der Waals surface area contributed by atoms with Crippen molar-refractivity contribution in [2.45, 2.75) is 19.4 Å². The molecule has 0 bridgehead atoms. The summed E-state index contributed by atoms with van der Waals surface area (Å²) in [4.78, 5) is 0. The summed E-state index contributed by atoms with van der Waals surface area (Å²) in [7, 11) is 0. The minimum atomic E-state index is 0.275. The van der Waals surface area contributed by atoms with Crippen molar-refractivity contribution in [2.75, 3.05) is 5.32 Å². The number of nitrogens with one attached hydrogen (secondary N) is 1. The molecule has 2 aromatic carbocycles. The van der Waals surface area contributed by atoms with Crippen molar-refractivity contribution in [2.24, 2.45) is 0 Å². The van der Waals surface area contributed by atoms with Gasteiger partial charge in [0.05, 0.1) is 15.7 Å². The van der Waals surface area contributed by atoms with Crippen molar-refractivity contribution < 1.29 is 0 Å². The normalized spacial score (nSPS) is 12.2. The molecule has 0 radical (unpaired) electrons. The predicted octanol–water partition coefficient (Wildman–Crippen LogP) is 5.80. The molecule has 0 spiro atoms. The zero-order chi connectivity index (χ0) is 13.8. The quantitative estimate of drug-likeness (QED) is 0.681. The van der Waals surface area contributed by atoms with Crippen LogP contribution in [-0.2, 0) is 6.42 Å². The molecule has 1 unspecified atom stereocenters. The third kappa shape index (κ3) is 3.88. The molecule has 0 aliphatic carbocycles. The molecule has 0 saturated heterocycles. The Morgan fingerprint density at radius 3 is 2.42 bits per heavy atom. The third-order valence-electron chi connectivity index (χ3n) is 2.82. The maximum absolute atomic E-state index is 6.22. The second-order valence-corrected chi connectivity index (χ2v) is 6.07. The number of rotatable bonds is 4. The van der Waals surface area contributed by atoms with E-state index in [1.807, 2.05) is 30.3 Å². The van der Waals surface area contributed by atoms with E-state index < -0.39 is 0 Å². The molecule has 0 fully saturated rings. The largest absolute Gasteiger partial charge is 0.381 e. The predicted molar refractivity (Wildman–Crippen MR) is 87.4 cm³/mol. The number of hydrogen-bond donors (Lipinski definition) is 1. The van der Waals surface area contributed by atoms with Crippen LogP contribution in [0.3, 0.4) is 0 Å². The van der Waals surface area contributed by atoms with Gasteiger partial charge in [-0.2, -0.15) is 0 Å². The van der Waals surface area contributed by atoms with Gasteiger partial charge in [0.1, 0.15) is 0 Å². The van der Waals surface area contributed by atoms with Crippen molar-refractivity contribution >= 4 is 44.8 Å². The van der Waals surface area contributed by atoms with Gasteiger partial charge in [0.2, 0.25) is 0 Å². The van der Waals surface area contributed by atoms with Crippen LogP contribution in [0.1, 0.15) is 12.5 Å². The fourth-order valence-electron chi connectivity index (χ4n) is 1.92. The molecular weight excluding hydrogens is 345 g/mol. The lowest BCUT2D eigenvalue weighted by atomic mass is 10.1. The molecule has 1 atom stereocenters. The highest BCUT2D eigenvalue weighted by Gasteiger charge is 2.10. The standard InChI is InChI=1S/C15H14BrCl2N/c1-10(9-11-5-3-2-4-6-11)19-13-8-7-12(16)14(17)15(13)18/h2-8,10,19H,9H2,1H3. The Morgan fingerprint density at radius 1 is 1.05 bits per heavy atom. The number of hydrogen-bond acceptors (Lipinski definition) is 1. The third-order valence-corrected chi connectivity index (χ3v) is 4.59. The van der Waals surface area contributed by atoms with Crippen LogP contribution in [0.5, 0.6) is 0 Å². The summed E-state index contributed by atoms with van der Waals surface area (Å²) in [6.45, 7) is 2.12. The van der Waals surface area contributed by atoms with Gasteiger partial charge < -0.3 is 5.32 Å². The fourth-order valence-corrected chi connectivity index (χ4v) is 2.75. The average molecular weight is 359 g/mol. The van der Waals surface area contributed by atoms with E-state index in [4.69, 9.17) is 23.2 Å². The summed E-state index contributed by atoms with van der Waals surface area (Å²) in [5.74, 6) is 0. The van der Waals surface area contributed by atoms with E-state index in [0.29, 0.717) is 10.0 Å². The van der Waals surface area contributed by atoms with Gasteiger partial charge in [-0.15, -0.1) is 0 Å². The SMILES string of the molecule is CC(Cc1ccccc1)Nc1ccc(Br)c(Cl)c1Cl. The Bertz CT molecular complexity index is 558. The monoisotopic (exact) mass is 357 g/mol. The summed E-state index contributed by atoms with van der Waals surface area (Å²) in [5, 5.41) is 4.48. The second-order valence-electron chi connectivity index (χ2n) is 4.46. The van der Waals surface area contributed by atoms with Crippen molar-refractivity contribution in [1.29, 1.82) is 0 Å². The van der Waals surface area contributed by atoms with Crippen LogP contribution in [0.15, 0.2) is 46.9 Å². The van der Waals surface area contributed by atoms with E-state index in [1.165, 1.54) is 5.56 Å². The van der Waals surface area contributed by atoms with Crippen LogP contribution >= 0.6 is 39.1 Å². The summed E-state index contributed by atoms with van der Waals surface area (Å²) in [6.07, 6.45) is 0.935. The van der Waals surface area contributed by atoms with Gasteiger partial charge in [0, 0.05) is 10.5 Å². The first kappa shape index (κ1) is 14.7. The minimum Gasteiger partial charge on any atom is -0.381 e. The van der Waals surface area contributed by atoms with Gasteiger partial charge in [0.15, 0.2) is 0 Å². The molecule has 19 heavy (non-hydrogen) atoms. The highest BCUT2D eigenvalue weighted by atomic mass is 79.9. The highest BCUT2D eigenvalue weighted by molar-refractivity contribution is 9.10. The summed E-state index contributed by atoms with van der Waals surface area (Å²) >= 11 is 15.7. The molecular formula is C15H14BrCl2N. The average Bonchev–Trinajstić information content (AvgIpc) is 2.41. The molecule has 0 aromatic heterocycles. The fraction of sp³-hybridized carbons (Fsp3) is 0.200. The molecule has 100 valence electrons. The Labute approximate surface area is 132 Å².